The third kappa shape index (κ3) is 2.89. The van der Waals surface area contributed by atoms with E-state index in [1.165, 1.54) is 6.07 Å². The second kappa shape index (κ2) is 5.22. The fourth-order valence-electron chi connectivity index (χ4n) is 2.13. The molecule has 6 nitrogen and oxygen atoms in total. The Kier molecular flexibility index (Phi) is 3.66. The van der Waals surface area contributed by atoms with Crippen molar-refractivity contribution >= 4 is 17.1 Å². The molecule has 0 bridgehead atoms. The smallest absolute Gasteiger partial charge is 0.273 e. The standard InChI is InChI=1S/C12H17N3O3/c1-9-8-14(3-2-4-18-9)11-5-10(13)6-12(7-11)15(16)17/h5-7,9H,2-4,8,13H2,1H3. The molecule has 1 saturated heterocycles. The minimum atomic E-state index is -0.419. The van der Waals surface area contributed by atoms with E-state index in [9.17, 15) is 10.1 Å². The third-order valence-electron chi connectivity index (χ3n) is 2.95. The van der Waals surface area contributed by atoms with Gasteiger partial charge in [0.05, 0.1) is 11.0 Å². The molecule has 2 rings (SSSR count). The number of nitrogens with zero attached hydrogens (tertiary/aromatic N) is 2. The van der Waals surface area contributed by atoms with Crippen LogP contribution in [0.3, 0.4) is 0 Å². The molecule has 1 unspecified atom stereocenters. The van der Waals surface area contributed by atoms with Gasteiger partial charge in [0.2, 0.25) is 0 Å². The topological polar surface area (TPSA) is 81.6 Å². The minimum Gasteiger partial charge on any atom is -0.398 e. The first-order valence-electron chi connectivity index (χ1n) is 5.98. The van der Waals surface area contributed by atoms with Crippen LogP contribution < -0.4 is 10.6 Å². The second-order valence-electron chi connectivity index (χ2n) is 4.52. The molecule has 0 spiro atoms. The fourth-order valence-corrected chi connectivity index (χ4v) is 2.13. The van der Waals surface area contributed by atoms with Crippen LogP contribution in [0, 0.1) is 10.1 Å². The van der Waals surface area contributed by atoms with Gasteiger partial charge in [-0.25, -0.2) is 0 Å². The van der Waals surface area contributed by atoms with Crippen LogP contribution in [-0.4, -0.2) is 30.7 Å². The average molecular weight is 251 g/mol. The van der Waals surface area contributed by atoms with E-state index in [4.69, 9.17) is 10.5 Å². The lowest BCUT2D eigenvalue weighted by Crippen LogP contribution is -2.30. The molecule has 1 heterocycles. The molecule has 1 aliphatic heterocycles. The van der Waals surface area contributed by atoms with Crippen LogP contribution in [0.1, 0.15) is 13.3 Å². The number of ether oxygens (including phenoxy) is 1. The molecular formula is C12H17N3O3. The first-order valence-corrected chi connectivity index (χ1v) is 5.98. The van der Waals surface area contributed by atoms with Crippen LogP contribution >= 0.6 is 0 Å². The number of nitro groups is 1. The molecule has 0 amide bonds. The van der Waals surface area contributed by atoms with Gasteiger partial charge < -0.3 is 15.4 Å². The minimum absolute atomic E-state index is 0.0304. The number of nitrogens with two attached hydrogens (primary N) is 1. The van der Waals surface area contributed by atoms with Gasteiger partial charge in [-0.15, -0.1) is 0 Å². The predicted molar refractivity (Wildman–Crippen MR) is 69.8 cm³/mol. The van der Waals surface area contributed by atoms with E-state index < -0.39 is 4.92 Å². The number of hydrogen-bond donors (Lipinski definition) is 1. The number of nitro benzene ring substituents is 1. The fraction of sp³-hybridized carbons (Fsp3) is 0.500. The summed E-state index contributed by atoms with van der Waals surface area (Å²) in [5.41, 5.74) is 6.95. The summed E-state index contributed by atoms with van der Waals surface area (Å²) in [6.45, 7) is 4.27. The zero-order valence-corrected chi connectivity index (χ0v) is 10.3. The number of anilines is 2. The van der Waals surface area contributed by atoms with Crippen LogP contribution in [0.2, 0.25) is 0 Å². The van der Waals surface area contributed by atoms with E-state index in [-0.39, 0.29) is 11.8 Å². The van der Waals surface area contributed by atoms with Crippen molar-refractivity contribution in [3.8, 4) is 0 Å². The number of rotatable bonds is 2. The Bertz CT molecular complexity index is 450. The Balaban J connectivity index is 2.28. The van der Waals surface area contributed by atoms with E-state index in [1.807, 2.05) is 6.92 Å². The molecule has 1 fully saturated rings. The zero-order valence-electron chi connectivity index (χ0n) is 10.3. The first-order chi connectivity index (χ1) is 8.56. The highest BCUT2D eigenvalue weighted by Crippen LogP contribution is 2.26. The molecule has 0 aromatic heterocycles. The number of hydrogen-bond acceptors (Lipinski definition) is 5. The van der Waals surface area contributed by atoms with Crippen LogP contribution in [-0.2, 0) is 4.74 Å². The molecule has 0 saturated carbocycles. The lowest BCUT2D eigenvalue weighted by molar-refractivity contribution is -0.384. The summed E-state index contributed by atoms with van der Waals surface area (Å²) in [6, 6.07) is 4.71. The van der Waals surface area contributed by atoms with Crippen LogP contribution in [0.15, 0.2) is 18.2 Å². The Hall–Kier alpha value is -1.82. The van der Waals surface area contributed by atoms with E-state index in [2.05, 4.69) is 4.90 Å². The molecule has 1 atom stereocenters. The maximum atomic E-state index is 10.8. The summed E-state index contributed by atoms with van der Waals surface area (Å²) in [4.78, 5) is 12.5. The lowest BCUT2D eigenvalue weighted by atomic mass is 10.2. The molecule has 6 heteroatoms. The van der Waals surface area contributed by atoms with Gasteiger partial charge in [-0.2, -0.15) is 0 Å². The molecule has 0 radical (unpaired) electrons. The van der Waals surface area contributed by atoms with Gasteiger partial charge in [-0.05, 0) is 19.4 Å². The molecule has 1 aromatic carbocycles. The molecule has 2 N–H and O–H groups in total. The summed E-state index contributed by atoms with van der Waals surface area (Å²) in [5.74, 6) is 0. The Morgan fingerprint density at radius 3 is 3.00 bits per heavy atom. The summed E-state index contributed by atoms with van der Waals surface area (Å²) < 4.78 is 5.56. The molecule has 98 valence electrons. The van der Waals surface area contributed by atoms with Crippen LogP contribution in [0.4, 0.5) is 17.1 Å². The summed E-state index contributed by atoms with van der Waals surface area (Å²) >= 11 is 0. The summed E-state index contributed by atoms with van der Waals surface area (Å²) in [6.07, 6.45) is 1.03. The zero-order chi connectivity index (χ0) is 13.1. The Labute approximate surface area is 105 Å². The van der Waals surface area contributed by atoms with E-state index in [1.54, 1.807) is 12.1 Å². The van der Waals surface area contributed by atoms with Gasteiger partial charge in [0, 0.05) is 43.2 Å². The van der Waals surface area contributed by atoms with Gasteiger partial charge in [-0.3, -0.25) is 10.1 Å². The highest BCUT2D eigenvalue weighted by Gasteiger charge is 2.18. The molecular weight excluding hydrogens is 234 g/mol. The number of nitrogen functional groups attached to an aromatic ring is 1. The normalized spacial score (nSPS) is 20.5. The first kappa shape index (κ1) is 12.6. The maximum absolute atomic E-state index is 10.8. The van der Waals surface area contributed by atoms with Gasteiger partial charge in [-0.1, -0.05) is 0 Å². The van der Waals surface area contributed by atoms with Crippen molar-refractivity contribution in [2.75, 3.05) is 30.3 Å². The van der Waals surface area contributed by atoms with Crippen molar-refractivity contribution in [2.24, 2.45) is 0 Å². The highest BCUT2D eigenvalue weighted by atomic mass is 16.6. The van der Waals surface area contributed by atoms with Crippen molar-refractivity contribution in [1.82, 2.24) is 0 Å². The van der Waals surface area contributed by atoms with Crippen molar-refractivity contribution in [3.63, 3.8) is 0 Å². The van der Waals surface area contributed by atoms with Gasteiger partial charge >= 0.3 is 0 Å². The summed E-state index contributed by atoms with van der Waals surface area (Å²) in [7, 11) is 0. The van der Waals surface area contributed by atoms with E-state index >= 15 is 0 Å². The van der Waals surface area contributed by atoms with E-state index in [0.29, 0.717) is 5.69 Å². The van der Waals surface area contributed by atoms with Crippen molar-refractivity contribution < 1.29 is 9.66 Å². The lowest BCUT2D eigenvalue weighted by Gasteiger charge is -2.24. The summed E-state index contributed by atoms with van der Waals surface area (Å²) in [5, 5.41) is 10.8. The van der Waals surface area contributed by atoms with Crippen molar-refractivity contribution in [1.29, 1.82) is 0 Å². The van der Waals surface area contributed by atoms with E-state index in [0.717, 1.165) is 31.8 Å². The number of non-ortho nitro benzene ring substituents is 1. The quantitative estimate of drug-likeness (QED) is 0.492. The molecule has 18 heavy (non-hydrogen) atoms. The predicted octanol–water partition coefficient (Wildman–Crippen LogP) is 1.79. The third-order valence-corrected chi connectivity index (χ3v) is 2.95. The van der Waals surface area contributed by atoms with Crippen molar-refractivity contribution in [3.05, 3.63) is 28.3 Å². The SMILES string of the molecule is CC1CN(c2cc(N)cc([N+](=O)[O-])c2)CCCO1. The maximum Gasteiger partial charge on any atom is 0.273 e. The largest absolute Gasteiger partial charge is 0.398 e. The van der Waals surface area contributed by atoms with Crippen LogP contribution in [0.25, 0.3) is 0 Å². The Morgan fingerprint density at radius 2 is 2.28 bits per heavy atom. The molecule has 0 aliphatic carbocycles. The Morgan fingerprint density at radius 1 is 1.50 bits per heavy atom. The van der Waals surface area contributed by atoms with Gasteiger partial charge in [0.1, 0.15) is 0 Å². The highest BCUT2D eigenvalue weighted by molar-refractivity contribution is 5.62. The monoisotopic (exact) mass is 251 g/mol. The van der Waals surface area contributed by atoms with Crippen LogP contribution in [0.5, 0.6) is 0 Å². The molecule has 1 aromatic rings. The van der Waals surface area contributed by atoms with Crippen molar-refractivity contribution in [2.45, 2.75) is 19.4 Å². The van der Waals surface area contributed by atoms with Gasteiger partial charge in [0.25, 0.3) is 5.69 Å². The van der Waals surface area contributed by atoms with Gasteiger partial charge in [0.15, 0.2) is 0 Å². The molecule has 1 aliphatic rings. The second-order valence-corrected chi connectivity index (χ2v) is 4.52. The number of benzene rings is 1. The average Bonchev–Trinajstić information content (AvgIpc) is 2.53.